The molecule has 0 aliphatic heterocycles. The van der Waals surface area contributed by atoms with E-state index in [2.05, 4.69) is 20.1 Å². The van der Waals surface area contributed by atoms with E-state index in [0.29, 0.717) is 22.6 Å². The first-order valence-corrected chi connectivity index (χ1v) is 7.87. The summed E-state index contributed by atoms with van der Waals surface area (Å²) >= 11 is 1.40. The molecule has 0 saturated carbocycles. The zero-order valence-corrected chi connectivity index (χ0v) is 13.2. The zero-order valence-electron chi connectivity index (χ0n) is 12.4. The number of benzene rings is 1. The predicted octanol–water partition coefficient (Wildman–Crippen LogP) is 2.40. The third-order valence-electron chi connectivity index (χ3n) is 3.51. The van der Waals surface area contributed by atoms with Crippen LogP contribution in [-0.4, -0.2) is 24.7 Å². The molecule has 0 aliphatic rings. The van der Waals surface area contributed by atoms with Gasteiger partial charge in [-0.25, -0.2) is 14.4 Å². The van der Waals surface area contributed by atoms with Gasteiger partial charge in [-0.05, 0) is 19.1 Å². The first-order chi connectivity index (χ1) is 11.6. The Labute approximate surface area is 138 Å². The molecule has 7 nitrogen and oxygen atoms in total. The molecular weight excluding hydrogens is 333 g/mol. The molecule has 3 aromatic heterocycles. The molecule has 0 unspecified atom stereocenters. The number of hydrogen-bond acceptors (Lipinski definition) is 7. The van der Waals surface area contributed by atoms with E-state index in [4.69, 9.17) is 4.52 Å². The molecule has 4 aromatic rings. The highest BCUT2D eigenvalue weighted by Crippen LogP contribution is 2.25. The Kier molecular flexibility index (Phi) is 3.42. The number of aromatic nitrogens is 5. The van der Waals surface area contributed by atoms with Crippen molar-refractivity contribution in [2.45, 2.75) is 13.5 Å². The van der Waals surface area contributed by atoms with Crippen LogP contribution >= 0.6 is 11.3 Å². The molecule has 9 heteroatoms. The summed E-state index contributed by atoms with van der Waals surface area (Å²) in [5, 5.41) is 4.22. The maximum absolute atomic E-state index is 13.2. The number of hydrogen-bond donors (Lipinski definition) is 0. The van der Waals surface area contributed by atoms with Gasteiger partial charge in [0.1, 0.15) is 10.7 Å². The van der Waals surface area contributed by atoms with E-state index in [1.54, 1.807) is 5.51 Å². The van der Waals surface area contributed by atoms with Crippen molar-refractivity contribution in [2.75, 3.05) is 0 Å². The molecule has 0 bridgehead atoms. The minimum Gasteiger partial charge on any atom is -0.333 e. The summed E-state index contributed by atoms with van der Waals surface area (Å²) in [6.45, 7) is 1.97. The molecule has 0 radical (unpaired) electrons. The molecule has 0 aliphatic carbocycles. The van der Waals surface area contributed by atoms with E-state index in [0.717, 1.165) is 10.6 Å². The molecule has 0 amide bonds. The maximum Gasteiger partial charge on any atom is 0.269 e. The van der Waals surface area contributed by atoms with Gasteiger partial charge in [0, 0.05) is 6.07 Å². The molecule has 0 saturated heterocycles. The van der Waals surface area contributed by atoms with E-state index >= 15 is 0 Å². The summed E-state index contributed by atoms with van der Waals surface area (Å²) in [4.78, 5) is 25.8. The molecule has 0 atom stereocenters. The minimum atomic E-state index is -0.435. The Hall–Kier alpha value is -2.94. The van der Waals surface area contributed by atoms with Gasteiger partial charge in [-0.1, -0.05) is 5.16 Å². The Bertz CT molecular complexity index is 1100. The molecule has 4 rings (SSSR count). The van der Waals surface area contributed by atoms with Crippen molar-refractivity contribution in [1.82, 2.24) is 24.7 Å². The molecule has 3 heterocycles. The fourth-order valence-corrected chi connectivity index (χ4v) is 3.04. The van der Waals surface area contributed by atoms with Crippen molar-refractivity contribution in [3.63, 3.8) is 0 Å². The second kappa shape index (κ2) is 5.60. The molecule has 0 spiro atoms. The van der Waals surface area contributed by atoms with Crippen LogP contribution in [0.25, 0.3) is 21.7 Å². The van der Waals surface area contributed by atoms with Crippen LogP contribution in [0.3, 0.4) is 0 Å². The standard InChI is InChI=1S/C15H10FN5O2S/c1-8-13(24-7-18-8)14-19-12(20-23-14)5-21-6-17-11-4-9(16)2-3-10(11)15(21)22/h2-4,6-7H,5H2,1H3. The van der Waals surface area contributed by atoms with Gasteiger partial charge in [0.25, 0.3) is 11.4 Å². The summed E-state index contributed by atoms with van der Waals surface area (Å²) in [6.07, 6.45) is 1.35. The Balaban J connectivity index is 1.69. The average Bonchev–Trinajstić information content (AvgIpc) is 3.18. The van der Waals surface area contributed by atoms with Gasteiger partial charge < -0.3 is 4.52 Å². The molecule has 1 aromatic carbocycles. The van der Waals surface area contributed by atoms with E-state index in [1.807, 2.05) is 6.92 Å². The van der Waals surface area contributed by atoms with Crippen molar-refractivity contribution >= 4 is 22.2 Å². The largest absolute Gasteiger partial charge is 0.333 e. The number of rotatable bonds is 3. The highest BCUT2D eigenvalue weighted by Gasteiger charge is 2.14. The summed E-state index contributed by atoms with van der Waals surface area (Å²) in [5.74, 6) is 0.284. The predicted molar refractivity (Wildman–Crippen MR) is 85.2 cm³/mol. The summed E-state index contributed by atoms with van der Waals surface area (Å²) < 4.78 is 19.8. The van der Waals surface area contributed by atoms with E-state index in [9.17, 15) is 9.18 Å². The summed E-state index contributed by atoms with van der Waals surface area (Å²) in [7, 11) is 0. The van der Waals surface area contributed by atoms with E-state index in [1.165, 1.54) is 40.4 Å². The quantitative estimate of drug-likeness (QED) is 0.568. The topological polar surface area (TPSA) is 86.7 Å². The van der Waals surface area contributed by atoms with Crippen LogP contribution in [-0.2, 0) is 6.54 Å². The molecule has 120 valence electrons. The van der Waals surface area contributed by atoms with Crippen molar-refractivity contribution in [3.8, 4) is 10.8 Å². The van der Waals surface area contributed by atoms with Crippen LogP contribution in [0, 0.1) is 12.7 Å². The van der Waals surface area contributed by atoms with Crippen LogP contribution in [0.15, 0.2) is 39.4 Å². The lowest BCUT2D eigenvalue weighted by Crippen LogP contribution is -2.21. The van der Waals surface area contributed by atoms with Gasteiger partial charge in [0.15, 0.2) is 5.82 Å². The molecule has 0 N–H and O–H groups in total. The van der Waals surface area contributed by atoms with Crippen LogP contribution in [0.2, 0.25) is 0 Å². The SMILES string of the molecule is Cc1ncsc1-c1nc(Cn2cnc3cc(F)ccc3c2=O)no1. The summed E-state index contributed by atoms with van der Waals surface area (Å²) in [5.41, 5.74) is 2.53. The molecule has 24 heavy (non-hydrogen) atoms. The van der Waals surface area contributed by atoms with Gasteiger partial charge in [-0.2, -0.15) is 4.98 Å². The lowest BCUT2D eigenvalue weighted by molar-refractivity contribution is 0.420. The normalized spacial score (nSPS) is 11.2. The monoisotopic (exact) mass is 343 g/mol. The summed E-state index contributed by atoms with van der Waals surface area (Å²) in [6, 6.07) is 3.87. The zero-order chi connectivity index (χ0) is 16.7. The second-order valence-electron chi connectivity index (χ2n) is 5.12. The van der Waals surface area contributed by atoms with Gasteiger partial charge >= 0.3 is 0 Å². The maximum atomic E-state index is 13.2. The fraction of sp³-hybridized carbons (Fsp3) is 0.133. The van der Waals surface area contributed by atoms with Gasteiger partial charge in [-0.15, -0.1) is 11.3 Å². The van der Waals surface area contributed by atoms with Crippen LogP contribution in [0.5, 0.6) is 0 Å². The van der Waals surface area contributed by atoms with E-state index < -0.39 is 5.82 Å². The van der Waals surface area contributed by atoms with E-state index in [-0.39, 0.29) is 12.1 Å². The second-order valence-corrected chi connectivity index (χ2v) is 5.98. The van der Waals surface area contributed by atoms with Gasteiger partial charge in [-0.3, -0.25) is 9.36 Å². The van der Waals surface area contributed by atoms with Crippen LogP contribution in [0.4, 0.5) is 4.39 Å². The Morgan fingerprint density at radius 2 is 2.21 bits per heavy atom. The van der Waals surface area contributed by atoms with Crippen molar-refractivity contribution < 1.29 is 8.91 Å². The third kappa shape index (κ3) is 2.48. The minimum absolute atomic E-state index is 0.112. The highest BCUT2D eigenvalue weighted by atomic mass is 32.1. The van der Waals surface area contributed by atoms with Crippen molar-refractivity contribution in [2.24, 2.45) is 0 Å². The average molecular weight is 343 g/mol. The van der Waals surface area contributed by atoms with Gasteiger partial charge in [0.2, 0.25) is 0 Å². The smallest absolute Gasteiger partial charge is 0.269 e. The fourth-order valence-electron chi connectivity index (χ4n) is 2.31. The first-order valence-electron chi connectivity index (χ1n) is 6.99. The van der Waals surface area contributed by atoms with Crippen LogP contribution < -0.4 is 5.56 Å². The van der Waals surface area contributed by atoms with Gasteiger partial charge in [0.05, 0.1) is 35.0 Å². The third-order valence-corrected chi connectivity index (χ3v) is 4.42. The van der Waals surface area contributed by atoms with Crippen molar-refractivity contribution in [3.05, 3.63) is 57.7 Å². The van der Waals surface area contributed by atoms with Crippen LogP contribution in [0.1, 0.15) is 11.5 Å². The Morgan fingerprint density at radius 1 is 1.33 bits per heavy atom. The number of thiazole rings is 1. The van der Waals surface area contributed by atoms with Crippen molar-refractivity contribution in [1.29, 1.82) is 0 Å². The molecular formula is C15H10FN5O2S. The lowest BCUT2D eigenvalue weighted by atomic mass is 10.2. The highest BCUT2D eigenvalue weighted by molar-refractivity contribution is 7.13. The number of aryl methyl sites for hydroxylation is 1. The number of halogens is 1. The molecule has 0 fully saturated rings. The number of fused-ring (bicyclic) bond motifs is 1. The Morgan fingerprint density at radius 3 is 3.00 bits per heavy atom. The first kappa shape index (κ1) is 14.6. The lowest BCUT2D eigenvalue weighted by Gasteiger charge is -2.03. The number of nitrogens with zero attached hydrogens (tertiary/aromatic N) is 5.